The predicted molar refractivity (Wildman–Crippen MR) is 88.6 cm³/mol. The Labute approximate surface area is 135 Å². The normalized spacial score (nSPS) is 11.4. The second kappa shape index (κ2) is 15.6. The van der Waals surface area contributed by atoms with E-state index in [2.05, 4.69) is 28.1 Å². The minimum Gasteiger partial charge on any atom is -1.00 e. The van der Waals surface area contributed by atoms with Gasteiger partial charge in [0.1, 0.15) is 0 Å². The first-order chi connectivity index (χ1) is 9.06. The molecule has 0 aromatic rings. The smallest absolute Gasteiger partial charge is 0.0780 e. The Balaban J connectivity index is 0. The van der Waals surface area contributed by atoms with Crippen LogP contribution in [-0.2, 0) is 0 Å². The molecule has 0 rings (SSSR count). The number of quaternary nitrogens is 1. The van der Waals surface area contributed by atoms with E-state index in [4.69, 9.17) is 0 Å². The fourth-order valence-corrected chi connectivity index (χ4v) is 2.60. The SMILES string of the molecule is CCCCCCCCCCCCCCC[N+](C)(C)C.[Cl-]. The van der Waals surface area contributed by atoms with Gasteiger partial charge in [-0.05, 0) is 12.8 Å². The maximum atomic E-state index is 2.29. The Morgan fingerprint density at radius 2 is 0.800 bits per heavy atom. The predicted octanol–water partition coefficient (Wildman–Crippen LogP) is 2.79. The van der Waals surface area contributed by atoms with Crippen LogP contribution >= 0.6 is 0 Å². The fraction of sp³-hybridized carbons (Fsp3) is 1.00. The quantitative estimate of drug-likeness (QED) is 0.342. The highest BCUT2D eigenvalue weighted by molar-refractivity contribution is 4.48. The first kappa shape index (κ1) is 22.5. The maximum absolute atomic E-state index is 2.29. The van der Waals surface area contributed by atoms with Gasteiger partial charge < -0.3 is 16.9 Å². The molecule has 0 spiro atoms. The second-order valence-electron chi connectivity index (χ2n) is 7.26. The number of rotatable bonds is 14. The van der Waals surface area contributed by atoms with Crippen LogP contribution in [0, 0.1) is 0 Å². The van der Waals surface area contributed by atoms with Gasteiger partial charge in [0.05, 0.1) is 27.7 Å². The molecule has 0 fully saturated rings. The molecule has 0 atom stereocenters. The molecule has 0 aliphatic heterocycles. The van der Waals surface area contributed by atoms with E-state index >= 15 is 0 Å². The maximum Gasteiger partial charge on any atom is 0.0780 e. The van der Waals surface area contributed by atoms with Crippen molar-refractivity contribution in [3.05, 3.63) is 0 Å². The topological polar surface area (TPSA) is 0 Å². The lowest BCUT2D eigenvalue weighted by Gasteiger charge is -2.23. The van der Waals surface area contributed by atoms with E-state index in [-0.39, 0.29) is 12.4 Å². The molecule has 0 aromatic heterocycles. The highest BCUT2D eigenvalue weighted by atomic mass is 35.5. The zero-order valence-electron chi connectivity index (χ0n) is 14.7. The molecule has 0 N–H and O–H groups in total. The zero-order valence-corrected chi connectivity index (χ0v) is 15.5. The highest BCUT2D eigenvalue weighted by Gasteiger charge is 2.04. The molecule has 0 aromatic carbocycles. The summed E-state index contributed by atoms with van der Waals surface area (Å²) < 4.78 is 1.12. The van der Waals surface area contributed by atoms with Gasteiger partial charge in [0.15, 0.2) is 0 Å². The number of nitrogens with zero attached hydrogens (tertiary/aromatic N) is 1. The Morgan fingerprint density at radius 3 is 1.10 bits per heavy atom. The molecule has 0 amide bonds. The van der Waals surface area contributed by atoms with E-state index in [0.29, 0.717) is 0 Å². The van der Waals surface area contributed by atoms with Gasteiger partial charge in [-0.1, -0.05) is 77.6 Å². The third-order valence-electron chi connectivity index (χ3n) is 3.93. The van der Waals surface area contributed by atoms with Crippen molar-refractivity contribution in [3.8, 4) is 0 Å². The molecule has 20 heavy (non-hydrogen) atoms. The summed E-state index contributed by atoms with van der Waals surface area (Å²) in [5.74, 6) is 0. The highest BCUT2D eigenvalue weighted by Crippen LogP contribution is 2.12. The molecule has 0 radical (unpaired) electrons. The van der Waals surface area contributed by atoms with Gasteiger partial charge in [0.25, 0.3) is 0 Å². The average molecular weight is 306 g/mol. The van der Waals surface area contributed by atoms with Crippen LogP contribution in [0.5, 0.6) is 0 Å². The summed E-state index contributed by atoms with van der Waals surface area (Å²) in [5.41, 5.74) is 0. The van der Waals surface area contributed by atoms with Crippen LogP contribution in [0.25, 0.3) is 0 Å². The number of hydrogen-bond acceptors (Lipinski definition) is 0. The van der Waals surface area contributed by atoms with Crippen molar-refractivity contribution in [2.75, 3.05) is 27.7 Å². The third-order valence-corrected chi connectivity index (χ3v) is 3.93. The van der Waals surface area contributed by atoms with Gasteiger partial charge in [-0.25, -0.2) is 0 Å². The van der Waals surface area contributed by atoms with Crippen molar-refractivity contribution in [2.24, 2.45) is 0 Å². The zero-order chi connectivity index (χ0) is 14.4. The van der Waals surface area contributed by atoms with Crippen molar-refractivity contribution in [1.82, 2.24) is 0 Å². The first-order valence-electron chi connectivity index (χ1n) is 8.86. The van der Waals surface area contributed by atoms with Gasteiger partial charge in [-0.15, -0.1) is 0 Å². The van der Waals surface area contributed by atoms with Crippen molar-refractivity contribution in [2.45, 2.75) is 90.4 Å². The monoisotopic (exact) mass is 305 g/mol. The van der Waals surface area contributed by atoms with Crippen LogP contribution in [0.15, 0.2) is 0 Å². The van der Waals surface area contributed by atoms with Crippen molar-refractivity contribution in [1.29, 1.82) is 0 Å². The summed E-state index contributed by atoms with van der Waals surface area (Å²) in [6.45, 7) is 3.62. The first-order valence-corrected chi connectivity index (χ1v) is 8.86. The number of halogens is 1. The van der Waals surface area contributed by atoms with Crippen LogP contribution in [0.3, 0.4) is 0 Å². The lowest BCUT2D eigenvalue weighted by Crippen LogP contribution is -3.00. The molecule has 2 heteroatoms. The van der Waals surface area contributed by atoms with Gasteiger partial charge in [-0.3, -0.25) is 0 Å². The van der Waals surface area contributed by atoms with Crippen LogP contribution < -0.4 is 12.4 Å². The molecule has 0 aliphatic carbocycles. The number of hydrogen-bond donors (Lipinski definition) is 0. The van der Waals surface area contributed by atoms with Crippen LogP contribution in [-0.4, -0.2) is 32.2 Å². The van der Waals surface area contributed by atoms with E-state index in [1.54, 1.807) is 0 Å². The van der Waals surface area contributed by atoms with E-state index in [0.717, 1.165) is 4.48 Å². The minimum absolute atomic E-state index is 0. The Hall–Kier alpha value is 0.250. The largest absolute Gasteiger partial charge is 1.00 e. The van der Waals surface area contributed by atoms with Crippen molar-refractivity contribution < 1.29 is 16.9 Å². The lowest BCUT2D eigenvalue weighted by molar-refractivity contribution is -0.870. The number of unbranched alkanes of at least 4 members (excludes halogenated alkanes) is 12. The van der Waals surface area contributed by atoms with Crippen molar-refractivity contribution >= 4 is 0 Å². The molecule has 0 unspecified atom stereocenters. The summed E-state index contributed by atoms with van der Waals surface area (Å²) in [5, 5.41) is 0. The van der Waals surface area contributed by atoms with Gasteiger partial charge in [0, 0.05) is 0 Å². The standard InChI is InChI=1S/C18H40N.ClH/c1-5-6-7-8-9-10-11-12-13-14-15-16-17-18-19(2,3)4;/h5-18H2,1-4H3;1H/q+1;/p-1. The molecular formula is C18H40ClN. The van der Waals surface area contributed by atoms with Crippen molar-refractivity contribution in [3.63, 3.8) is 0 Å². The molecule has 0 aliphatic rings. The van der Waals surface area contributed by atoms with Gasteiger partial charge in [0.2, 0.25) is 0 Å². The molecule has 0 heterocycles. The molecule has 0 saturated heterocycles. The Morgan fingerprint density at radius 1 is 0.500 bits per heavy atom. The molecule has 0 bridgehead atoms. The summed E-state index contributed by atoms with van der Waals surface area (Å²) >= 11 is 0. The molecule has 0 saturated carbocycles. The lowest BCUT2D eigenvalue weighted by atomic mass is 10.0. The second-order valence-corrected chi connectivity index (χ2v) is 7.26. The summed E-state index contributed by atoms with van der Waals surface area (Å²) in [6.07, 6.45) is 18.9. The summed E-state index contributed by atoms with van der Waals surface area (Å²) in [6, 6.07) is 0. The van der Waals surface area contributed by atoms with E-state index < -0.39 is 0 Å². The molecule has 124 valence electrons. The molecular weight excluding hydrogens is 266 g/mol. The Kier molecular flexibility index (Phi) is 17.6. The average Bonchev–Trinajstić information content (AvgIpc) is 2.34. The van der Waals surface area contributed by atoms with Gasteiger partial charge >= 0.3 is 0 Å². The van der Waals surface area contributed by atoms with E-state index in [1.807, 2.05) is 0 Å². The van der Waals surface area contributed by atoms with E-state index in [9.17, 15) is 0 Å². The fourth-order valence-electron chi connectivity index (χ4n) is 2.60. The summed E-state index contributed by atoms with van der Waals surface area (Å²) in [4.78, 5) is 0. The van der Waals surface area contributed by atoms with Crippen LogP contribution in [0.2, 0.25) is 0 Å². The van der Waals surface area contributed by atoms with E-state index in [1.165, 1.54) is 90.0 Å². The Bertz CT molecular complexity index is 175. The van der Waals surface area contributed by atoms with Gasteiger partial charge in [-0.2, -0.15) is 0 Å². The minimum atomic E-state index is 0. The third kappa shape index (κ3) is 20.6. The van der Waals surface area contributed by atoms with Crippen LogP contribution in [0.1, 0.15) is 90.4 Å². The summed E-state index contributed by atoms with van der Waals surface area (Å²) in [7, 11) is 6.88. The molecule has 1 nitrogen and oxygen atoms in total. The van der Waals surface area contributed by atoms with Crippen LogP contribution in [0.4, 0.5) is 0 Å².